The van der Waals surface area contributed by atoms with Gasteiger partial charge >= 0.3 is 0 Å². The molecule has 0 radical (unpaired) electrons. The fourth-order valence-electron chi connectivity index (χ4n) is 1.98. The van der Waals surface area contributed by atoms with Gasteiger partial charge in [0.05, 0.1) is 6.20 Å². The molecule has 6 nitrogen and oxygen atoms in total. The number of aromatic nitrogens is 2. The quantitative estimate of drug-likeness (QED) is 0.375. The van der Waals surface area contributed by atoms with Gasteiger partial charge in [0, 0.05) is 30.3 Å². The minimum Gasteiger partial charge on any atom is -0.409 e. The van der Waals surface area contributed by atoms with Crippen molar-refractivity contribution in [3.8, 4) is 0 Å². The molecule has 0 spiro atoms. The van der Waals surface area contributed by atoms with E-state index in [1.165, 1.54) is 0 Å². The molecule has 2 aromatic rings. The molecule has 1 atom stereocenters. The number of nitrogens with zero attached hydrogens (tertiary/aromatic N) is 4. The van der Waals surface area contributed by atoms with Gasteiger partial charge < -0.3 is 15.8 Å². The molecular weight excluding hydrogens is 242 g/mol. The number of fused-ring (bicyclic) bond motifs is 1. The Morgan fingerprint density at radius 1 is 1.47 bits per heavy atom. The van der Waals surface area contributed by atoms with Gasteiger partial charge in [0.15, 0.2) is 5.82 Å². The van der Waals surface area contributed by atoms with E-state index in [-0.39, 0.29) is 11.8 Å². The van der Waals surface area contributed by atoms with Gasteiger partial charge in [0.25, 0.3) is 0 Å². The average Bonchev–Trinajstić information content (AvgIpc) is 2.45. The molecule has 0 aliphatic carbocycles. The van der Waals surface area contributed by atoms with Crippen LogP contribution >= 0.6 is 0 Å². The minimum atomic E-state index is -0.0734. The first-order valence-corrected chi connectivity index (χ1v) is 6.02. The number of benzene rings is 1. The van der Waals surface area contributed by atoms with Gasteiger partial charge in [-0.3, -0.25) is 0 Å². The molecule has 0 saturated heterocycles. The summed E-state index contributed by atoms with van der Waals surface area (Å²) < 4.78 is 0. The third-order valence-electron chi connectivity index (χ3n) is 3.08. The Balaban J connectivity index is 2.29. The second-order valence-electron chi connectivity index (χ2n) is 4.56. The van der Waals surface area contributed by atoms with E-state index in [1.54, 1.807) is 6.20 Å². The van der Waals surface area contributed by atoms with Crippen LogP contribution in [-0.4, -0.2) is 34.8 Å². The van der Waals surface area contributed by atoms with Crippen LogP contribution in [0.15, 0.2) is 35.6 Å². The maximum Gasteiger partial charge on any atom is 0.158 e. The van der Waals surface area contributed by atoms with Crippen LogP contribution in [0.3, 0.4) is 0 Å². The highest BCUT2D eigenvalue weighted by Gasteiger charge is 2.14. The second-order valence-corrected chi connectivity index (χ2v) is 4.56. The Bertz CT molecular complexity index is 593. The van der Waals surface area contributed by atoms with Crippen molar-refractivity contribution in [2.75, 3.05) is 18.5 Å². The highest BCUT2D eigenvalue weighted by atomic mass is 16.4. The highest BCUT2D eigenvalue weighted by molar-refractivity contribution is 5.91. The summed E-state index contributed by atoms with van der Waals surface area (Å²) in [5, 5.41) is 22.0. The molecule has 0 bridgehead atoms. The molecule has 3 N–H and O–H groups in total. The lowest BCUT2D eigenvalue weighted by Crippen LogP contribution is -2.33. The van der Waals surface area contributed by atoms with Crippen LogP contribution in [0.25, 0.3) is 10.8 Å². The van der Waals surface area contributed by atoms with Gasteiger partial charge in [0.2, 0.25) is 0 Å². The Kier molecular flexibility index (Phi) is 3.79. The van der Waals surface area contributed by atoms with Gasteiger partial charge in [-0.1, -0.05) is 36.3 Å². The smallest absolute Gasteiger partial charge is 0.158 e. The van der Waals surface area contributed by atoms with Crippen molar-refractivity contribution < 1.29 is 5.21 Å². The van der Waals surface area contributed by atoms with E-state index in [0.29, 0.717) is 6.54 Å². The Labute approximate surface area is 111 Å². The molecule has 1 heterocycles. The Morgan fingerprint density at radius 2 is 2.21 bits per heavy atom. The Hall–Kier alpha value is -2.37. The Morgan fingerprint density at radius 3 is 2.95 bits per heavy atom. The number of anilines is 1. The van der Waals surface area contributed by atoms with E-state index in [1.807, 2.05) is 43.1 Å². The fraction of sp³-hybridized carbons (Fsp3) is 0.308. The third kappa shape index (κ3) is 2.73. The second kappa shape index (κ2) is 5.51. The normalized spacial score (nSPS) is 13.5. The number of oxime groups is 1. The summed E-state index contributed by atoms with van der Waals surface area (Å²) >= 11 is 0. The average molecular weight is 259 g/mol. The molecule has 0 aliphatic rings. The number of rotatable bonds is 4. The molecule has 0 aliphatic heterocycles. The first-order chi connectivity index (χ1) is 9.13. The number of hydrogen-bond acceptors (Lipinski definition) is 5. The predicted molar refractivity (Wildman–Crippen MR) is 75.4 cm³/mol. The van der Waals surface area contributed by atoms with Gasteiger partial charge in [-0.25, -0.2) is 0 Å². The van der Waals surface area contributed by atoms with Crippen molar-refractivity contribution in [1.82, 2.24) is 10.2 Å². The molecule has 0 amide bonds. The van der Waals surface area contributed by atoms with Gasteiger partial charge in [-0.05, 0) is 0 Å². The van der Waals surface area contributed by atoms with Crippen LogP contribution in [-0.2, 0) is 0 Å². The molecule has 0 fully saturated rings. The van der Waals surface area contributed by atoms with Crippen LogP contribution in [0.2, 0.25) is 0 Å². The topological polar surface area (TPSA) is 87.6 Å². The number of nitrogens with two attached hydrogens (primary N) is 1. The van der Waals surface area contributed by atoms with Crippen molar-refractivity contribution in [2.45, 2.75) is 6.92 Å². The molecule has 100 valence electrons. The van der Waals surface area contributed by atoms with E-state index in [9.17, 15) is 0 Å². The van der Waals surface area contributed by atoms with Crippen molar-refractivity contribution in [3.63, 3.8) is 0 Å². The molecular formula is C13H17N5O. The highest BCUT2D eigenvalue weighted by Crippen LogP contribution is 2.22. The summed E-state index contributed by atoms with van der Waals surface area (Å²) in [6.45, 7) is 2.49. The van der Waals surface area contributed by atoms with E-state index in [0.717, 1.165) is 16.6 Å². The minimum absolute atomic E-state index is 0.0734. The third-order valence-corrected chi connectivity index (χ3v) is 3.08. The standard InChI is InChI=1S/C13H17N5O/c1-9(12(14)17-19)8-18(2)13-11-6-4-3-5-10(11)7-15-16-13/h3-7,9,19H,8H2,1-2H3,(H2,14,17). The lowest BCUT2D eigenvalue weighted by molar-refractivity contribution is 0.314. The van der Waals surface area contributed by atoms with Crippen LogP contribution in [0, 0.1) is 5.92 Å². The maximum atomic E-state index is 8.68. The summed E-state index contributed by atoms with van der Waals surface area (Å²) in [7, 11) is 1.91. The fourth-order valence-corrected chi connectivity index (χ4v) is 1.98. The SMILES string of the molecule is CC(CN(C)c1nncc2ccccc12)/C(N)=N/O. The summed E-state index contributed by atoms with van der Waals surface area (Å²) in [5.41, 5.74) is 5.59. The zero-order valence-electron chi connectivity index (χ0n) is 11.0. The summed E-state index contributed by atoms with van der Waals surface area (Å²) in [6.07, 6.45) is 1.74. The molecule has 19 heavy (non-hydrogen) atoms. The van der Waals surface area contributed by atoms with Crippen LogP contribution < -0.4 is 10.6 Å². The van der Waals surface area contributed by atoms with Crippen molar-refractivity contribution >= 4 is 22.4 Å². The van der Waals surface area contributed by atoms with E-state index in [2.05, 4.69) is 15.4 Å². The largest absolute Gasteiger partial charge is 0.409 e. The zero-order chi connectivity index (χ0) is 13.8. The maximum absolute atomic E-state index is 8.68. The van der Waals surface area contributed by atoms with Gasteiger partial charge in [0.1, 0.15) is 5.84 Å². The van der Waals surface area contributed by atoms with E-state index < -0.39 is 0 Å². The predicted octanol–water partition coefficient (Wildman–Crippen LogP) is 1.45. The lowest BCUT2D eigenvalue weighted by Gasteiger charge is -2.22. The van der Waals surface area contributed by atoms with Crippen molar-refractivity contribution in [1.29, 1.82) is 0 Å². The van der Waals surface area contributed by atoms with Crippen LogP contribution in [0.4, 0.5) is 5.82 Å². The molecule has 1 unspecified atom stereocenters. The molecule has 1 aromatic carbocycles. The van der Waals surface area contributed by atoms with Crippen LogP contribution in [0.5, 0.6) is 0 Å². The summed E-state index contributed by atoms with van der Waals surface area (Å²) in [6, 6.07) is 7.93. The zero-order valence-corrected chi connectivity index (χ0v) is 11.0. The number of amidine groups is 1. The number of hydrogen-bond donors (Lipinski definition) is 2. The molecule has 1 aromatic heterocycles. The lowest BCUT2D eigenvalue weighted by atomic mass is 10.1. The molecule has 2 rings (SSSR count). The summed E-state index contributed by atoms with van der Waals surface area (Å²) in [4.78, 5) is 1.96. The monoisotopic (exact) mass is 259 g/mol. The van der Waals surface area contributed by atoms with E-state index >= 15 is 0 Å². The van der Waals surface area contributed by atoms with Crippen molar-refractivity contribution in [2.24, 2.45) is 16.8 Å². The summed E-state index contributed by atoms with van der Waals surface area (Å²) in [5.74, 6) is 0.923. The van der Waals surface area contributed by atoms with Crippen molar-refractivity contribution in [3.05, 3.63) is 30.5 Å². The molecule has 0 saturated carbocycles. The first-order valence-electron chi connectivity index (χ1n) is 6.02. The van der Waals surface area contributed by atoms with E-state index in [4.69, 9.17) is 10.9 Å². The first kappa shape index (κ1) is 13.1. The van der Waals surface area contributed by atoms with Crippen LogP contribution in [0.1, 0.15) is 6.92 Å². The van der Waals surface area contributed by atoms with Gasteiger partial charge in [-0.15, -0.1) is 5.10 Å². The van der Waals surface area contributed by atoms with Gasteiger partial charge in [-0.2, -0.15) is 5.10 Å². The molecule has 6 heteroatoms.